The Bertz CT molecular complexity index is 241. The van der Waals surface area contributed by atoms with E-state index >= 15 is 0 Å². The van der Waals surface area contributed by atoms with Crippen molar-refractivity contribution >= 4 is 11.6 Å². The summed E-state index contributed by atoms with van der Waals surface area (Å²) in [5.41, 5.74) is 0. The van der Waals surface area contributed by atoms with Crippen molar-refractivity contribution in [1.29, 1.82) is 0 Å². The van der Waals surface area contributed by atoms with Crippen LogP contribution in [0.1, 0.15) is 55.4 Å². The van der Waals surface area contributed by atoms with Gasteiger partial charge in [-0.2, -0.15) is 0 Å². The molecule has 0 radical (unpaired) electrons. The predicted molar refractivity (Wildman–Crippen MR) is 83.0 cm³/mol. The van der Waals surface area contributed by atoms with Crippen LogP contribution in [-0.4, -0.2) is 40.5 Å². The molecule has 0 N–H and O–H groups in total. The van der Waals surface area contributed by atoms with Gasteiger partial charge in [-0.1, -0.05) is 11.6 Å². The molecule has 0 bridgehead atoms. The van der Waals surface area contributed by atoms with Gasteiger partial charge in [-0.05, 0) is 55.4 Å². The number of nitrogens with zero attached hydrogens (tertiary/aromatic N) is 2. The van der Waals surface area contributed by atoms with Gasteiger partial charge in [0.15, 0.2) is 0 Å². The molecule has 0 aliphatic carbocycles. The quantitative estimate of drug-likeness (QED) is 0.683. The third-order valence-electron chi connectivity index (χ3n) is 3.14. The highest BCUT2D eigenvalue weighted by molar-refractivity contribution is 6.29. The van der Waals surface area contributed by atoms with E-state index in [4.69, 9.17) is 11.6 Å². The Kier molecular flexibility index (Phi) is 7.97. The van der Waals surface area contributed by atoms with Crippen molar-refractivity contribution in [2.45, 2.75) is 79.6 Å². The molecular weight excluding hydrogens is 244 g/mol. The average Bonchev–Trinajstić information content (AvgIpc) is 2.20. The lowest BCUT2D eigenvalue weighted by Crippen LogP contribution is -2.38. The molecular formula is C15H31ClN2. The third-order valence-corrected chi connectivity index (χ3v) is 3.36. The minimum Gasteiger partial charge on any atom is -0.372 e. The summed E-state index contributed by atoms with van der Waals surface area (Å²) >= 11 is 6.42. The first-order chi connectivity index (χ1) is 8.16. The van der Waals surface area contributed by atoms with Crippen LogP contribution in [-0.2, 0) is 0 Å². The van der Waals surface area contributed by atoms with Gasteiger partial charge in [-0.3, -0.25) is 4.90 Å². The SMILES string of the molecule is CC(C)N(/C=C(\Cl)CN(C(C)C)C(C)C)C(C)C. The Balaban J connectivity index is 4.75. The van der Waals surface area contributed by atoms with Gasteiger partial charge in [0.25, 0.3) is 0 Å². The highest BCUT2D eigenvalue weighted by atomic mass is 35.5. The summed E-state index contributed by atoms with van der Waals surface area (Å²) in [6, 6.07) is 1.98. The highest BCUT2D eigenvalue weighted by Crippen LogP contribution is 2.15. The minimum absolute atomic E-state index is 0.477. The lowest BCUT2D eigenvalue weighted by Gasteiger charge is -2.33. The summed E-state index contributed by atoms with van der Waals surface area (Å²) in [4.78, 5) is 4.71. The van der Waals surface area contributed by atoms with Crippen LogP contribution in [0.3, 0.4) is 0 Å². The first-order valence-corrected chi connectivity index (χ1v) is 7.44. The standard InChI is InChI=1S/C15H31ClN2/c1-11(2)17(12(3)4)9-15(16)10-18(13(5)6)14(7)8/h9,11-14H,10H2,1-8H3/b15-9-. The van der Waals surface area contributed by atoms with Crippen molar-refractivity contribution in [3.05, 3.63) is 11.2 Å². The second-order valence-corrected chi connectivity index (χ2v) is 6.56. The molecule has 0 rings (SSSR count). The Morgan fingerprint density at radius 3 is 1.50 bits per heavy atom. The van der Waals surface area contributed by atoms with E-state index in [0.29, 0.717) is 24.2 Å². The van der Waals surface area contributed by atoms with Crippen LogP contribution in [0.25, 0.3) is 0 Å². The topological polar surface area (TPSA) is 6.48 Å². The molecule has 18 heavy (non-hydrogen) atoms. The number of rotatable bonds is 7. The lowest BCUT2D eigenvalue weighted by atomic mass is 10.2. The zero-order chi connectivity index (χ0) is 14.5. The smallest absolute Gasteiger partial charge is 0.0480 e. The van der Waals surface area contributed by atoms with E-state index < -0.39 is 0 Å². The molecule has 108 valence electrons. The van der Waals surface area contributed by atoms with Gasteiger partial charge in [-0.25, -0.2) is 0 Å². The second kappa shape index (κ2) is 8.06. The van der Waals surface area contributed by atoms with E-state index in [1.54, 1.807) is 0 Å². The van der Waals surface area contributed by atoms with Gasteiger partial charge in [0.05, 0.1) is 0 Å². The molecule has 0 aliphatic heterocycles. The van der Waals surface area contributed by atoms with Gasteiger partial charge < -0.3 is 4.90 Å². The van der Waals surface area contributed by atoms with Gasteiger partial charge in [0.2, 0.25) is 0 Å². The van der Waals surface area contributed by atoms with E-state index in [1.165, 1.54) is 0 Å². The third kappa shape index (κ3) is 6.10. The lowest BCUT2D eigenvalue weighted by molar-refractivity contribution is 0.191. The Morgan fingerprint density at radius 2 is 1.22 bits per heavy atom. The molecule has 0 fully saturated rings. The molecule has 0 heterocycles. The van der Waals surface area contributed by atoms with Gasteiger partial charge in [0, 0.05) is 41.9 Å². The monoisotopic (exact) mass is 274 g/mol. The van der Waals surface area contributed by atoms with Crippen molar-refractivity contribution in [1.82, 2.24) is 9.80 Å². The molecule has 0 amide bonds. The normalized spacial score (nSPS) is 13.6. The molecule has 0 aromatic rings. The molecule has 0 saturated carbocycles. The van der Waals surface area contributed by atoms with Crippen molar-refractivity contribution in [3.8, 4) is 0 Å². The maximum Gasteiger partial charge on any atom is 0.0480 e. The molecule has 0 aromatic carbocycles. The molecule has 0 saturated heterocycles. The fourth-order valence-corrected chi connectivity index (χ4v) is 2.48. The minimum atomic E-state index is 0.477. The van der Waals surface area contributed by atoms with Crippen LogP contribution in [0.2, 0.25) is 0 Å². The molecule has 3 heteroatoms. The molecule has 0 aliphatic rings. The van der Waals surface area contributed by atoms with E-state index in [2.05, 4.69) is 71.4 Å². The average molecular weight is 275 g/mol. The summed E-state index contributed by atoms with van der Waals surface area (Å²) < 4.78 is 0. The molecule has 2 nitrogen and oxygen atoms in total. The Hall–Kier alpha value is -0.210. The Labute approximate surface area is 119 Å². The molecule has 0 unspecified atom stereocenters. The zero-order valence-electron chi connectivity index (χ0n) is 13.4. The van der Waals surface area contributed by atoms with Crippen LogP contribution < -0.4 is 0 Å². The summed E-state index contributed by atoms with van der Waals surface area (Å²) in [6.07, 6.45) is 2.11. The Morgan fingerprint density at radius 1 is 0.833 bits per heavy atom. The second-order valence-electron chi connectivity index (χ2n) is 6.07. The first-order valence-electron chi connectivity index (χ1n) is 7.06. The van der Waals surface area contributed by atoms with Gasteiger partial charge in [-0.15, -0.1) is 0 Å². The number of hydrogen-bond acceptors (Lipinski definition) is 2. The maximum atomic E-state index is 6.42. The predicted octanol–water partition coefficient (Wildman–Crippen LogP) is 4.30. The fraction of sp³-hybridized carbons (Fsp3) is 0.867. The summed E-state index contributed by atoms with van der Waals surface area (Å²) in [7, 11) is 0. The molecule has 0 aromatic heterocycles. The number of halogens is 1. The largest absolute Gasteiger partial charge is 0.372 e. The summed E-state index contributed by atoms with van der Waals surface area (Å²) in [6.45, 7) is 18.5. The van der Waals surface area contributed by atoms with Crippen molar-refractivity contribution in [2.24, 2.45) is 0 Å². The van der Waals surface area contributed by atoms with Crippen LogP contribution in [0, 0.1) is 0 Å². The van der Waals surface area contributed by atoms with Gasteiger partial charge in [0.1, 0.15) is 0 Å². The van der Waals surface area contributed by atoms with Crippen molar-refractivity contribution < 1.29 is 0 Å². The van der Waals surface area contributed by atoms with Crippen LogP contribution in [0.15, 0.2) is 11.2 Å². The van der Waals surface area contributed by atoms with E-state index in [9.17, 15) is 0 Å². The molecule has 0 atom stereocenters. The van der Waals surface area contributed by atoms with E-state index in [-0.39, 0.29) is 0 Å². The fourth-order valence-electron chi connectivity index (χ4n) is 2.23. The number of hydrogen-bond donors (Lipinski definition) is 0. The van der Waals surface area contributed by atoms with Gasteiger partial charge >= 0.3 is 0 Å². The van der Waals surface area contributed by atoms with Crippen LogP contribution >= 0.6 is 11.6 Å². The summed E-state index contributed by atoms with van der Waals surface area (Å²) in [5, 5.41) is 0.916. The first kappa shape index (κ1) is 17.8. The zero-order valence-corrected chi connectivity index (χ0v) is 14.1. The maximum absolute atomic E-state index is 6.42. The van der Waals surface area contributed by atoms with Crippen molar-refractivity contribution in [2.75, 3.05) is 6.54 Å². The van der Waals surface area contributed by atoms with Crippen molar-refractivity contribution in [3.63, 3.8) is 0 Å². The van der Waals surface area contributed by atoms with Crippen LogP contribution in [0.5, 0.6) is 0 Å². The highest BCUT2D eigenvalue weighted by Gasteiger charge is 2.16. The summed E-state index contributed by atoms with van der Waals surface area (Å²) in [5.74, 6) is 0. The van der Waals surface area contributed by atoms with E-state index in [1.807, 2.05) is 0 Å². The van der Waals surface area contributed by atoms with Crippen LogP contribution in [0.4, 0.5) is 0 Å². The molecule has 0 spiro atoms. The van der Waals surface area contributed by atoms with E-state index in [0.717, 1.165) is 11.6 Å².